The summed E-state index contributed by atoms with van der Waals surface area (Å²) in [6.07, 6.45) is 1.38. The highest BCUT2D eigenvalue weighted by molar-refractivity contribution is 5.76. The van der Waals surface area contributed by atoms with Crippen LogP contribution in [0.2, 0.25) is 0 Å². The smallest absolute Gasteiger partial charge is 0.493 e. The molecule has 4 aliphatic rings. The van der Waals surface area contributed by atoms with E-state index in [1.165, 1.54) is 6.08 Å². The number of likely N-dealkylation sites (N-methyl/N-ethyl adjacent to an activating group) is 1. The summed E-state index contributed by atoms with van der Waals surface area (Å²) >= 11 is 0. The fourth-order valence-electron chi connectivity index (χ4n) is 8.66. The van der Waals surface area contributed by atoms with Gasteiger partial charge in [-0.15, -0.1) is 0 Å². The predicted molar refractivity (Wildman–Crippen MR) is 194 cm³/mol. The van der Waals surface area contributed by atoms with Crippen LogP contribution in [0.5, 0.6) is 28.7 Å². The number of carbonyl (C=O) groups excluding carboxylic acids is 2. The number of rotatable bonds is 12. The maximum absolute atomic E-state index is 13.5. The molecule has 0 aliphatic carbocycles. The van der Waals surface area contributed by atoms with E-state index in [0.29, 0.717) is 64.7 Å². The minimum atomic E-state index is -0.944. The number of carbonyl (C=O) groups is 2. The van der Waals surface area contributed by atoms with Gasteiger partial charge in [-0.25, -0.2) is 4.79 Å². The van der Waals surface area contributed by atoms with Crippen LogP contribution in [-0.2, 0) is 33.5 Å². The molecule has 7 rings (SSSR count). The first-order chi connectivity index (χ1) is 25.7. The van der Waals surface area contributed by atoms with Crippen LogP contribution in [0, 0.1) is 13.8 Å². The molecule has 53 heavy (non-hydrogen) atoms. The number of ether oxygens (including phenoxy) is 7. The van der Waals surface area contributed by atoms with E-state index in [4.69, 9.17) is 33.2 Å². The third-order valence-electron chi connectivity index (χ3n) is 10.9. The molecular weight excluding hydrogens is 682 g/mol. The van der Waals surface area contributed by atoms with Gasteiger partial charge in [0, 0.05) is 48.4 Å². The van der Waals surface area contributed by atoms with E-state index in [-0.39, 0.29) is 51.1 Å². The molecule has 0 radical (unpaired) electrons. The Morgan fingerprint density at radius 1 is 1.04 bits per heavy atom. The Balaban J connectivity index is 1.36. The van der Waals surface area contributed by atoms with Gasteiger partial charge in [0.2, 0.25) is 12.7 Å². The van der Waals surface area contributed by atoms with E-state index >= 15 is 0 Å². The predicted octanol–water partition coefficient (Wildman–Crippen LogP) is 4.67. The Morgan fingerprint density at radius 2 is 1.81 bits per heavy atom. The Morgan fingerprint density at radius 3 is 2.55 bits per heavy atom. The minimum Gasteiger partial charge on any atom is -0.493 e. The van der Waals surface area contributed by atoms with Crippen molar-refractivity contribution < 1.29 is 47.9 Å². The zero-order valence-electron chi connectivity index (χ0n) is 30.8. The summed E-state index contributed by atoms with van der Waals surface area (Å²) in [5.41, 5.74) is 5.93. The SMILES string of the molecule is C=CCOC(=O)Oc1c(C)c2c(c3c1C[C@H]1C4c5c(cc(C)c(OC)c5OCOC)CC([C@H](O)N1[C@H]3CNC(=O)CCc1ccccc1)N4C)OCO2. The number of nitrogens with zero attached hydrogens (tertiary/aromatic N) is 2. The van der Waals surface area contributed by atoms with Crippen molar-refractivity contribution in [3.05, 3.63) is 88.0 Å². The van der Waals surface area contributed by atoms with E-state index in [0.717, 1.165) is 22.3 Å². The van der Waals surface area contributed by atoms with Crippen LogP contribution in [-0.4, -0.2) is 93.3 Å². The van der Waals surface area contributed by atoms with Crippen molar-refractivity contribution >= 4 is 12.1 Å². The van der Waals surface area contributed by atoms with Gasteiger partial charge < -0.3 is 43.6 Å². The first-order valence-corrected chi connectivity index (χ1v) is 17.9. The summed E-state index contributed by atoms with van der Waals surface area (Å²) in [5.74, 6) is 2.30. The lowest BCUT2D eigenvalue weighted by molar-refractivity contribution is -0.172. The lowest BCUT2D eigenvalue weighted by Gasteiger charge is -2.60. The summed E-state index contributed by atoms with van der Waals surface area (Å²) in [6.45, 7) is 7.52. The lowest BCUT2D eigenvalue weighted by Crippen LogP contribution is -2.69. The molecule has 5 atom stereocenters. The van der Waals surface area contributed by atoms with E-state index < -0.39 is 24.5 Å². The second-order valence-corrected chi connectivity index (χ2v) is 13.9. The summed E-state index contributed by atoms with van der Waals surface area (Å²) in [6, 6.07) is 10.3. The van der Waals surface area contributed by atoms with E-state index in [1.54, 1.807) is 14.2 Å². The lowest BCUT2D eigenvalue weighted by atomic mass is 9.73. The van der Waals surface area contributed by atoms with Gasteiger partial charge >= 0.3 is 6.16 Å². The van der Waals surface area contributed by atoms with Crippen LogP contribution in [0.1, 0.15) is 57.4 Å². The number of aryl methyl sites for hydroxylation is 2. The van der Waals surface area contributed by atoms with Gasteiger partial charge in [-0.3, -0.25) is 14.6 Å². The Hall–Kier alpha value is -4.82. The van der Waals surface area contributed by atoms with Gasteiger partial charge in [0.25, 0.3) is 0 Å². The summed E-state index contributed by atoms with van der Waals surface area (Å²) in [5, 5.41) is 15.6. The summed E-state index contributed by atoms with van der Waals surface area (Å²) < 4.78 is 40.9. The van der Waals surface area contributed by atoms with Crippen LogP contribution in [0.25, 0.3) is 0 Å². The van der Waals surface area contributed by atoms with E-state index in [2.05, 4.69) is 27.8 Å². The topological polar surface area (TPSA) is 137 Å². The number of hydrogen-bond acceptors (Lipinski definition) is 12. The third-order valence-corrected chi connectivity index (χ3v) is 10.9. The van der Waals surface area contributed by atoms with Gasteiger partial charge in [-0.05, 0) is 56.8 Å². The fourth-order valence-corrected chi connectivity index (χ4v) is 8.66. The highest BCUT2D eigenvalue weighted by Gasteiger charge is 2.56. The second-order valence-electron chi connectivity index (χ2n) is 13.9. The monoisotopic (exact) mass is 729 g/mol. The molecule has 4 heterocycles. The molecule has 3 aromatic carbocycles. The molecular formula is C40H47N3O10. The normalized spacial score (nSPS) is 22.6. The van der Waals surface area contributed by atoms with Crippen LogP contribution < -0.4 is 29.0 Å². The van der Waals surface area contributed by atoms with Crippen molar-refractivity contribution in [2.45, 2.75) is 69.9 Å². The van der Waals surface area contributed by atoms with Crippen molar-refractivity contribution in [2.24, 2.45) is 0 Å². The molecule has 2 unspecified atom stereocenters. The van der Waals surface area contributed by atoms with Crippen molar-refractivity contribution in [1.82, 2.24) is 15.1 Å². The highest BCUT2D eigenvalue weighted by atomic mass is 16.7. The largest absolute Gasteiger partial charge is 0.514 e. The Bertz CT molecular complexity index is 1880. The van der Waals surface area contributed by atoms with Crippen LogP contribution in [0.3, 0.4) is 0 Å². The third kappa shape index (κ3) is 6.56. The quantitative estimate of drug-likeness (QED) is 0.116. The first-order valence-electron chi connectivity index (χ1n) is 17.9. The number of methoxy groups -OCH3 is 2. The molecule has 1 saturated heterocycles. The summed E-state index contributed by atoms with van der Waals surface area (Å²) in [4.78, 5) is 30.8. The number of benzene rings is 3. The molecule has 1 fully saturated rings. The van der Waals surface area contributed by atoms with E-state index in [9.17, 15) is 14.7 Å². The van der Waals surface area contributed by atoms with Crippen molar-refractivity contribution in [3.8, 4) is 28.7 Å². The van der Waals surface area contributed by atoms with E-state index in [1.807, 2.05) is 51.2 Å². The van der Waals surface area contributed by atoms with Gasteiger partial charge in [0.1, 0.15) is 18.6 Å². The number of aliphatic hydroxyl groups excluding tert-OH is 1. The molecule has 3 aromatic rings. The molecule has 0 saturated carbocycles. The highest BCUT2D eigenvalue weighted by Crippen LogP contribution is 2.58. The molecule has 13 heteroatoms. The van der Waals surface area contributed by atoms with Gasteiger partial charge in [0.05, 0.1) is 25.2 Å². The number of aliphatic hydroxyl groups is 1. The summed E-state index contributed by atoms with van der Waals surface area (Å²) in [7, 11) is 5.20. The van der Waals surface area contributed by atoms with Gasteiger partial charge in [-0.1, -0.05) is 49.1 Å². The Kier molecular flexibility index (Phi) is 10.5. The average Bonchev–Trinajstić information content (AvgIpc) is 3.65. The number of fused-ring (bicyclic) bond motifs is 9. The van der Waals surface area contributed by atoms with Gasteiger partial charge in [-0.2, -0.15) is 0 Å². The first kappa shape index (κ1) is 36.5. The molecule has 0 aromatic heterocycles. The minimum absolute atomic E-state index is 0.0110. The fraction of sp³-hybridized carbons (Fsp3) is 0.450. The van der Waals surface area contributed by atoms with Crippen molar-refractivity contribution in [1.29, 1.82) is 0 Å². The zero-order chi connectivity index (χ0) is 37.4. The number of amides is 1. The maximum atomic E-state index is 13.5. The molecule has 282 valence electrons. The number of piperazine rings is 1. The Labute approximate surface area is 309 Å². The van der Waals surface area contributed by atoms with Crippen molar-refractivity contribution in [2.75, 3.05) is 48.0 Å². The standard InChI is InChI=1S/C40H47N3O10/c1-7-15-49-40(46)53-35-23(3)36-38(52-21-51-36)32-26(35)18-27-33-31-25(16-22(2)34(48-6)37(31)50-20-47-5)17-28(42(33)4)39(45)43(27)29(32)19-41-30(44)14-13-24-11-9-8-10-12-24/h7-12,16,27-29,33,39,45H,1,13-15,17-21H2,2-6H3,(H,41,44)/t27-,28?,29-,33?,39-/m0/s1. The molecule has 2 N–H and O–H groups in total. The second kappa shape index (κ2) is 15.3. The molecule has 2 bridgehead atoms. The molecule has 1 amide bonds. The number of hydrogen-bond donors (Lipinski definition) is 2. The van der Waals surface area contributed by atoms with Crippen LogP contribution in [0.15, 0.2) is 49.1 Å². The molecule has 13 nitrogen and oxygen atoms in total. The van der Waals surface area contributed by atoms with Crippen LogP contribution in [0.4, 0.5) is 4.79 Å². The average molecular weight is 730 g/mol. The molecule has 4 aliphatic heterocycles. The molecule has 0 spiro atoms. The van der Waals surface area contributed by atoms with Crippen LogP contribution >= 0.6 is 0 Å². The van der Waals surface area contributed by atoms with Crippen molar-refractivity contribution in [3.63, 3.8) is 0 Å². The number of nitrogens with one attached hydrogen (secondary N) is 1. The maximum Gasteiger partial charge on any atom is 0.514 e. The zero-order valence-corrected chi connectivity index (χ0v) is 30.8. The van der Waals surface area contributed by atoms with Gasteiger partial charge in [0.15, 0.2) is 29.8 Å².